The average Bonchev–Trinajstić information content (AvgIpc) is 3.20. The summed E-state index contributed by atoms with van der Waals surface area (Å²) in [4.78, 5) is 12.7. The molecule has 1 aliphatic rings. The molecule has 0 unspecified atom stereocenters. The van der Waals surface area contributed by atoms with Gasteiger partial charge in [0.25, 0.3) is 0 Å². The molecule has 7 heteroatoms. The molecule has 1 saturated carbocycles. The Hall–Kier alpha value is -2.14. The van der Waals surface area contributed by atoms with E-state index in [4.69, 9.17) is 9.47 Å². The van der Waals surface area contributed by atoms with E-state index in [0.717, 1.165) is 3.39 Å². The summed E-state index contributed by atoms with van der Waals surface area (Å²) in [5.41, 5.74) is 0.374. The normalized spacial score (nSPS) is 19.7. The van der Waals surface area contributed by atoms with E-state index in [2.05, 4.69) is 37.9 Å². The van der Waals surface area contributed by atoms with Gasteiger partial charge < -0.3 is 15.6 Å². The van der Waals surface area contributed by atoms with Gasteiger partial charge in [-0.3, -0.25) is 4.79 Å². The molecule has 2 aromatic rings. The van der Waals surface area contributed by atoms with Crippen molar-refractivity contribution in [3.05, 3.63) is 69.6 Å². The molecular formula is C22H22Br2N2O3. The Labute approximate surface area is 187 Å². The molecule has 2 aromatic carbocycles. The maximum Gasteiger partial charge on any atom is 0.311 e. The number of benzene rings is 2. The van der Waals surface area contributed by atoms with Gasteiger partial charge in [-0.15, -0.1) is 0 Å². The predicted molar refractivity (Wildman–Crippen MR) is 119 cm³/mol. The zero-order valence-corrected chi connectivity index (χ0v) is 19.3. The van der Waals surface area contributed by atoms with Crippen LogP contribution in [0.25, 0.3) is 0 Å². The van der Waals surface area contributed by atoms with Gasteiger partial charge in [-0.2, -0.15) is 5.26 Å². The van der Waals surface area contributed by atoms with Crippen LogP contribution in [0.1, 0.15) is 25.5 Å². The van der Waals surface area contributed by atoms with Crippen LogP contribution in [0.5, 0.6) is 11.5 Å². The van der Waals surface area contributed by atoms with Crippen LogP contribution in [0.15, 0.2) is 64.1 Å². The summed E-state index contributed by atoms with van der Waals surface area (Å²) in [6.45, 7) is 4.03. The quantitative estimate of drug-likeness (QED) is 0.429. The summed E-state index contributed by atoms with van der Waals surface area (Å²) < 4.78 is 12.2. The lowest BCUT2D eigenvalue weighted by Gasteiger charge is -2.13. The first-order valence-corrected chi connectivity index (χ1v) is 10.4. The first-order valence-electron chi connectivity index (χ1n) is 8.78. The Bertz CT molecular complexity index is 935. The Kier molecular flexibility index (Phi) is 7.64. The van der Waals surface area contributed by atoms with E-state index >= 15 is 0 Å². The number of halogens is 2. The van der Waals surface area contributed by atoms with Crippen molar-refractivity contribution >= 4 is 37.8 Å². The van der Waals surface area contributed by atoms with E-state index in [1.807, 2.05) is 50.3 Å². The third kappa shape index (κ3) is 5.47. The smallest absolute Gasteiger partial charge is 0.311 e. The van der Waals surface area contributed by atoms with Crippen molar-refractivity contribution in [2.24, 2.45) is 17.3 Å². The van der Waals surface area contributed by atoms with Gasteiger partial charge in [-0.1, -0.05) is 50.3 Å². The summed E-state index contributed by atoms with van der Waals surface area (Å²) in [5.74, 6) is 0.683. The number of rotatable bonds is 6. The maximum absolute atomic E-state index is 12.7. The minimum Gasteiger partial charge on any atom is -0.457 e. The molecule has 0 heterocycles. The summed E-state index contributed by atoms with van der Waals surface area (Å²) in [6.07, 6.45) is 0.960. The molecule has 3 atom stereocenters. The van der Waals surface area contributed by atoms with E-state index in [1.54, 1.807) is 24.3 Å². The van der Waals surface area contributed by atoms with Crippen molar-refractivity contribution in [1.29, 1.82) is 5.26 Å². The van der Waals surface area contributed by atoms with E-state index < -0.39 is 6.10 Å². The van der Waals surface area contributed by atoms with Crippen molar-refractivity contribution in [3.8, 4) is 17.6 Å². The second-order valence-corrected chi connectivity index (χ2v) is 9.99. The van der Waals surface area contributed by atoms with Crippen LogP contribution in [-0.4, -0.2) is 5.97 Å². The number of nitrogens with zero attached hydrogens (tertiary/aromatic N) is 1. The van der Waals surface area contributed by atoms with Gasteiger partial charge in [-0.05, 0) is 67.5 Å². The highest BCUT2D eigenvalue weighted by Gasteiger charge is 2.61. The average molecular weight is 522 g/mol. The van der Waals surface area contributed by atoms with Gasteiger partial charge in [0.15, 0.2) is 0 Å². The predicted octanol–water partition coefficient (Wildman–Crippen LogP) is 6.65. The Balaban J connectivity index is 0.00000300. The fourth-order valence-electron chi connectivity index (χ4n) is 3.30. The largest absolute Gasteiger partial charge is 0.457 e. The molecule has 5 nitrogen and oxygen atoms in total. The molecule has 0 amide bonds. The molecule has 1 fully saturated rings. The maximum atomic E-state index is 12.7. The molecule has 0 bridgehead atoms. The number of hydrogen-bond acceptors (Lipinski definition) is 5. The zero-order chi connectivity index (χ0) is 20.3. The number of carbonyl (C=O) groups excluding carboxylic acids is 1. The molecule has 29 heavy (non-hydrogen) atoms. The molecule has 3 rings (SSSR count). The second-order valence-electron chi connectivity index (χ2n) is 7.21. The van der Waals surface area contributed by atoms with Gasteiger partial charge in [0.2, 0.25) is 6.10 Å². The minimum absolute atomic E-state index is 0. The van der Waals surface area contributed by atoms with Crippen LogP contribution in [-0.2, 0) is 9.53 Å². The van der Waals surface area contributed by atoms with E-state index in [0.29, 0.717) is 17.1 Å². The SMILES string of the molecule is CC1(C)[C@H](C(=O)O[C@H](C#N)c2cccc(Oc3ccccc3)c2)[C@@H]1C=C(Br)Br.N. The van der Waals surface area contributed by atoms with Crippen LogP contribution in [0.3, 0.4) is 0 Å². The van der Waals surface area contributed by atoms with E-state index in [9.17, 15) is 10.1 Å². The summed E-state index contributed by atoms with van der Waals surface area (Å²) in [6, 6.07) is 18.5. The molecule has 0 aliphatic heterocycles. The van der Waals surface area contributed by atoms with Gasteiger partial charge in [0, 0.05) is 5.56 Å². The molecule has 3 N–H and O–H groups in total. The van der Waals surface area contributed by atoms with Crippen LogP contribution in [0.4, 0.5) is 0 Å². The summed E-state index contributed by atoms with van der Waals surface area (Å²) in [5, 5.41) is 9.56. The number of para-hydroxylation sites is 1. The Morgan fingerprint density at radius 3 is 2.41 bits per heavy atom. The number of ether oxygens (including phenoxy) is 2. The number of nitriles is 1. The van der Waals surface area contributed by atoms with Crippen LogP contribution < -0.4 is 10.9 Å². The fourth-order valence-corrected chi connectivity index (χ4v) is 3.87. The lowest BCUT2D eigenvalue weighted by molar-refractivity contribution is -0.149. The monoisotopic (exact) mass is 520 g/mol. The zero-order valence-electron chi connectivity index (χ0n) is 16.1. The lowest BCUT2D eigenvalue weighted by atomic mass is 10.1. The van der Waals surface area contributed by atoms with Crippen molar-refractivity contribution in [2.45, 2.75) is 20.0 Å². The summed E-state index contributed by atoms with van der Waals surface area (Å²) in [7, 11) is 0. The highest BCUT2D eigenvalue weighted by molar-refractivity contribution is 9.28. The second kappa shape index (κ2) is 9.57. The van der Waals surface area contributed by atoms with Crippen molar-refractivity contribution in [3.63, 3.8) is 0 Å². The van der Waals surface area contributed by atoms with Crippen molar-refractivity contribution in [2.75, 3.05) is 0 Å². The molecule has 0 aromatic heterocycles. The third-order valence-corrected chi connectivity index (χ3v) is 5.49. The van der Waals surface area contributed by atoms with Gasteiger partial charge in [0.1, 0.15) is 17.6 Å². The summed E-state index contributed by atoms with van der Waals surface area (Å²) >= 11 is 6.68. The van der Waals surface area contributed by atoms with Crippen LogP contribution in [0.2, 0.25) is 0 Å². The number of allylic oxidation sites excluding steroid dienone is 1. The lowest BCUT2D eigenvalue weighted by Crippen LogP contribution is -2.14. The topological polar surface area (TPSA) is 94.3 Å². The van der Waals surface area contributed by atoms with Gasteiger partial charge in [-0.25, -0.2) is 0 Å². The van der Waals surface area contributed by atoms with E-state index in [-0.39, 0.29) is 29.4 Å². The number of esters is 1. The van der Waals surface area contributed by atoms with Crippen molar-refractivity contribution in [1.82, 2.24) is 6.15 Å². The standard InChI is InChI=1S/C22H19Br2NO3.H3N/c1-22(2)17(12-19(23)24)20(22)21(26)28-18(13-25)14-7-6-10-16(11-14)27-15-8-4-3-5-9-15;/h3-12,17-18,20H,1-2H3;1H3/t17-,18+,20-;/m0./s1. The molecule has 152 valence electrons. The molecule has 0 radical (unpaired) electrons. The fraction of sp³-hybridized carbons (Fsp3) is 0.273. The number of carbonyl (C=O) groups is 1. The minimum atomic E-state index is -0.986. The molecule has 0 spiro atoms. The third-order valence-electron chi connectivity index (χ3n) is 4.96. The highest BCUT2D eigenvalue weighted by Crippen LogP contribution is 2.60. The first kappa shape index (κ1) is 23.1. The van der Waals surface area contributed by atoms with Gasteiger partial charge in [0.05, 0.1) is 9.31 Å². The van der Waals surface area contributed by atoms with Gasteiger partial charge >= 0.3 is 5.97 Å². The van der Waals surface area contributed by atoms with Crippen LogP contribution in [0, 0.1) is 28.6 Å². The molecular weight excluding hydrogens is 500 g/mol. The van der Waals surface area contributed by atoms with Crippen molar-refractivity contribution < 1.29 is 14.3 Å². The first-order chi connectivity index (χ1) is 13.3. The van der Waals surface area contributed by atoms with Crippen LogP contribution >= 0.6 is 31.9 Å². The Morgan fingerprint density at radius 2 is 1.79 bits per heavy atom. The Morgan fingerprint density at radius 1 is 1.14 bits per heavy atom. The number of hydrogen-bond donors (Lipinski definition) is 1. The highest BCUT2D eigenvalue weighted by atomic mass is 79.9. The molecule has 1 aliphatic carbocycles. The van der Waals surface area contributed by atoms with E-state index in [1.165, 1.54) is 0 Å². The molecule has 0 saturated heterocycles.